The molecule has 8 atom stereocenters. The summed E-state index contributed by atoms with van der Waals surface area (Å²) in [6.07, 6.45) is -1.78. The van der Waals surface area contributed by atoms with Crippen LogP contribution in [-0.4, -0.2) is 99.5 Å². The van der Waals surface area contributed by atoms with Gasteiger partial charge in [-0.2, -0.15) is 0 Å². The second-order valence-electron chi connectivity index (χ2n) is 7.45. The number of unbranched alkanes of at least 4 members (excludes halogenated alkanes) is 5. The van der Waals surface area contributed by atoms with Crippen LogP contribution >= 0.6 is 0 Å². The molecule has 2 aliphatic rings. The van der Waals surface area contributed by atoms with Crippen LogP contribution in [0.2, 0.25) is 0 Å². The predicted molar refractivity (Wildman–Crippen MR) is 93.8 cm³/mol. The molecule has 0 saturated carbocycles. The molecule has 2 fully saturated rings. The average molecular weight is 394 g/mol. The molecule has 0 bridgehead atoms. The zero-order valence-electron chi connectivity index (χ0n) is 15.6. The maximum absolute atomic E-state index is 9.86. The van der Waals surface area contributed by atoms with E-state index in [4.69, 9.17) is 14.2 Å². The molecule has 27 heavy (non-hydrogen) atoms. The first kappa shape index (κ1) is 22.9. The van der Waals surface area contributed by atoms with Gasteiger partial charge in [0.1, 0.15) is 36.6 Å². The standard InChI is InChI=1S/C18H34O9/c19-11-9-26-13(16(23)14(11)21)7-5-3-1-2-4-6-8-25-18-17(24)15(22)12(20)10-27-18/h11-24H,1-10H2. The van der Waals surface area contributed by atoms with Gasteiger partial charge in [0.25, 0.3) is 0 Å². The summed E-state index contributed by atoms with van der Waals surface area (Å²) in [6, 6.07) is 0. The van der Waals surface area contributed by atoms with Gasteiger partial charge in [-0.3, -0.25) is 0 Å². The minimum absolute atomic E-state index is 0.0539. The summed E-state index contributed by atoms with van der Waals surface area (Å²) >= 11 is 0. The third-order valence-electron chi connectivity index (χ3n) is 5.23. The van der Waals surface area contributed by atoms with Crippen molar-refractivity contribution in [2.45, 2.75) is 94.0 Å². The van der Waals surface area contributed by atoms with Crippen LogP contribution < -0.4 is 0 Å². The maximum atomic E-state index is 9.86. The fourth-order valence-electron chi connectivity index (χ4n) is 3.40. The summed E-state index contributed by atoms with van der Waals surface area (Å²) in [4.78, 5) is 0. The van der Waals surface area contributed by atoms with E-state index in [2.05, 4.69) is 0 Å². The van der Waals surface area contributed by atoms with E-state index < -0.39 is 49.0 Å². The van der Waals surface area contributed by atoms with Gasteiger partial charge in [-0.15, -0.1) is 0 Å². The number of rotatable bonds is 10. The van der Waals surface area contributed by atoms with Crippen molar-refractivity contribution in [3.8, 4) is 0 Å². The molecule has 0 aromatic rings. The van der Waals surface area contributed by atoms with Crippen LogP contribution in [0.4, 0.5) is 0 Å². The molecule has 0 radical (unpaired) electrons. The van der Waals surface area contributed by atoms with Crippen LogP contribution in [0, 0.1) is 0 Å². The Bertz CT molecular complexity index is 374. The zero-order valence-corrected chi connectivity index (χ0v) is 15.6. The molecule has 0 aliphatic carbocycles. The minimum atomic E-state index is -1.25. The van der Waals surface area contributed by atoms with Crippen LogP contribution in [0.5, 0.6) is 0 Å². The molecule has 8 unspecified atom stereocenters. The molecule has 9 heteroatoms. The van der Waals surface area contributed by atoms with Crippen LogP contribution in [0.25, 0.3) is 0 Å². The highest BCUT2D eigenvalue weighted by atomic mass is 16.7. The van der Waals surface area contributed by atoms with Gasteiger partial charge in [0.05, 0.1) is 19.3 Å². The van der Waals surface area contributed by atoms with E-state index in [1.807, 2.05) is 0 Å². The lowest BCUT2D eigenvalue weighted by atomic mass is 9.96. The van der Waals surface area contributed by atoms with E-state index in [9.17, 15) is 30.6 Å². The van der Waals surface area contributed by atoms with Gasteiger partial charge in [-0.25, -0.2) is 0 Å². The number of aliphatic hydroxyl groups excluding tert-OH is 6. The highest BCUT2D eigenvalue weighted by molar-refractivity contribution is 4.86. The lowest BCUT2D eigenvalue weighted by molar-refractivity contribution is -0.270. The Morgan fingerprint density at radius 2 is 1.19 bits per heavy atom. The van der Waals surface area contributed by atoms with E-state index in [0.717, 1.165) is 38.5 Å². The molecule has 2 aliphatic heterocycles. The van der Waals surface area contributed by atoms with Gasteiger partial charge in [-0.05, 0) is 12.8 Å². The molecular weight excluding hydrogens is 360 g/mol. The fourth-order valence-corrected chi connectivity index (χ4v) is 3.40. The minimum Gasteiger partial charge on any atom is -0.388 e. The first-order valence-corrected chi connectivity index (χ1v) is 9.85. The van der Waals surface area contributed by atoms with Crippen molar-refractivity contribution in [1.29, 1.82) is 0 Å². The number of hydrogen-bond acceptors (Lipinski definition) is 9. The van der Waals surface area contributed by atoms with Crippen molar-refractivity contribution in [2.75, 3.05) is 19.8 Å². The molecule has 0 aromatic heterocycles. The van der Waals surface area contributed by atoms with E-state index >= 15 is 0 Å². The van der Waals surface area contributed by atoms with Gasteiger partial charge in [0.2, 0.25) is 0 Å². The molecular formula is C18H34O9. The maximum Gasteiger partial charge on any atom is 0.186 e. The van der Waals surface area contributed by atoms with E-state index in [1.165, 1.54) is 0 Å². The van der Waals surface area contributed by atoms with Crippen molar-refractivity contribution in [1.82, 2.24) is 0 Å². The first-order valence-electron chi connectivity index (χ1n) is 9.85. The molecule has 0 aromatic carbocycles. The lowest BCUT2D eigenvalue weighted by Gasteiger charge is -2.35. The molecule has 6 N–H and O–H groups in total. The first-order chi connectivity index (χ1) is 12.9. The third kappa shape index (κ3) is 6.88. The Balaban J connectivity index is 1.44. The Morgan fingerprint density at radius 1 is 0.630 bits per heavy atom. The summed E-state index contributed by atoms with van der Waals surface area (Å²) in [5.74, 6) is 0. The summed E-state index contributed by atoms with van der Waals surface area (Å²) in [5.41, 5.74) is 0. The SMILES string of the molecule is OC1COC(CCCCCCCCOC2OCC(O)C(O)C2O)C(O)C1O. The number of hydrogen-bond donors (Lipinski definition) is 6. The van der Waals surface area contributed by atoms with E-state index in [0.29, 0.717) is 13.0 Å². The second-order valence-corrected chi connectivity index (χ2v) is 7.45. The van der Waals surface area contributed by atoms with Gasteiger partial charge in [0.15, 0.2) is 6.29 Å². The monoisotopic (exact) mass is 394 g/mol. The second kappa shape index (κ2) is 11.6. The summed E-state index contributed by atoms with van der Waals surface area (Å²) in [7, 11) is 0. The number of aliphatic hydroxyl groups is 6. The highest BCUT2D eigenvalue weighted by Gasteiger charge is 2.38. The quantitative estimate of drug-likeness (QED) is 0.247. The topological polar surface area (TPSA) is 149 Å². The Kier molecular flexibility index (Phi) is 9.85. The summed E-state index contributed by atoms with van der Waals surface area (Å²) in [6.45, 7) is 0.406. The highest BCUT2D eigenvalue weighted by Crippen LogP contribution is 2.21. The summed E-state index contributed by atoms with van der Waals surface area (Å²) in [5, 5.41) is 57.6. The average Bonchev–Trinajstić information content (AvgIpc) is 2.66. The van der Waals surface area contributed by atoms with E-state index in [-0.39, 0.29) is 13.2 Å². The van der Waals surface area contributed by atoms with Crippen LogP contribution in [-0.2, 0) is 14.2 Å². The Hall–Kier alpha value is -0.360. The summed E-state index contributed by atoms with van der Waals surface area (Å²) < 4.78 is 16.0. The zero-order chi connectivity index (χ0) is 19.8. The molecule has 2 rings (SSSR count). The largest absolute Gasteiger partial charge is 0.388 e. The van der Waals surface area contributed by atoms with Gasteiger partial charge in [-0.1, -0.05) is 32.1 Å². The van der Waals surface area contributed by atoms with Crippen LogP contribution in [0.15, 0.2) is 0 Å². The van der Waals surface area contributed by atoms with Crippen LogP contribution in [0.3, 0.4) is 0 Å². The van der Waals surface area contributed by atoms with Crippen molar-refractivity contribution in [2.24, 2.45) is 0 Å². The van der Waals surface area contributed by atoms with Crippen molar-refractivity contribution >= 4 is 0 Å². The normalized spacial score (nSPS) is 40.2. The Morgan fingerprint density at radius 3 is 1.89 bits per heavy atom. The van der Waals surface area contributed by atoms with E-state index in [1.54, 1.807) is 0 Å². The lowest BCUT2D eigenvalue weighted by Crippen LogP contribution is -2.53. The predicted octanol–water partition coefficient (Wildman–Crippen LogP) is -1.35. The smallest absolute Gasteiger partial charge is 0.186 e. The molecule has 160 valence electrons. The molecule has 2 saturated heterocycles. The fraction of sp³-hybridized carbons (Fsp3) is 1.00. The molecule has 0 spiro atoms. The number of ether oxygens (including phenoxy) is 3. The molecule has 0 amide bonds. The Labute approximate surface area is 159 Å². The third-order valence-corrected chi connectivity index (χ3v) is 5.23. The van der Waals surface area contributed by atoms with Crippen molar-refractivity contribution < 1.29 is 44.8 Å². The van der Waals surface area contributed by atoms with Crippen molar-refractivity contribution in [3.05, 3.63) is 0 Å². The van der Waals surface area contributed by atoms with Gasteiger partial charge < -0.3 is 44.8 Å². The van der Waals surface area contributed by atoms with Gasteiger partial charge >= 0.3 is 0 Å². The van der Waals surface area contributed by atoms with Gasteiger partial charge in [0, 0.05) is 6.61 Å². The molecule has 2 heterocycles. The van der Waals surface area contributed by atoms with Crippen molar-refractivity contribution in [3.63, 3.8) is 0 Å². The molecule has 9 nitrogen and oxygen atoms in total. The van der Waals surface area contributed by atoms with Crippen LogP contribution in [0.1, 0.15) is 44.9 Å².